The Labute approximate surface area is 107 Å². The van der Waals surface area contributed by atoms with E-state index in [2.05, 4.69) is 32.2 Å². The van der Waals surface area contributed by atoms with E-state index in [1.54, 1.807) is 6.20 Å². The Morgan fingerprint density at radius 2 is 2.39 bits per heavy atom. The zero-order chi connectivity index (χ0) is 12.4. The van der Waals surface area contributed by atoms with Gasteiger partial charge in [-0.2, -0.15) is 4.98 Å². The van der Waals surface area contributed by atoms with E-state index in [1.165, 1.54) is 19.3 Å². The van der Waals surface area contributed by atoms with Gasteiger partial charge in [-0.15, -0.1) is 0 Å². The molecule has 2 aromatic rings. The molecule has 1 atom stereocenters. The molecule has 96 valence electrons. The van der Waals surface area contributed by atoms with Gasteiger partial charge in [0.15, 0.2) is 5.65 Å². The molecule has 0 radical (unpaired) electrons. The molecule has 1 saturated heterocycles. The number of aromatic amines is 1. The molecule has 3 heterocycles. The Balaban J connectivity index is 1.72. The third-order valence-electron chi connectivity index (χ3n) is 3.51. The first kappa shape index (κ1) is 11.5. The number of imidazole rings is 1. The quantitative estimate of drug-likeness (QED) is 0.861. The number of hydrogen-bond acceptors (Lipinski definition) is 4. The van der Waals surface area contributed by atoms with Gasteiger partial charge >= 0.3 is 0 Å². The second-order valence-corrected chi connectivity index (χ2v) is 4.96. The van der Waals surface area contributed by atoms with Crippen LogP contribution in [0, 0.1) is 0 Å². The number of nitrogens with one attached hydrogen (secondary N) is 2. The summed E-state index contributed by atoms with van der Waals surface area (Å²) < 4.78 is 0. The molecule has 0 unspecified atom stereocenters. The molecule has 5 nitrogen and oxygen atoms in total. The van der Waals surface area contributed by atoms with E-state index < -0.39 is 0 Å². The first-order valence-corrected chi connectivity index (χ1v) is 6.58. The van der Waals surface area contributed by atoms with Crippen molar-refractivity contribution in [2.75, 3.05) is 25.0 Å². The number of rotatable bonds is 3. The monoisotopic (exact) mass is 245 g/mol. The summed E-state index contributed by atoms with van der Waals surface area (Å²) in [6, 6.07) is 4.50. The first-order chi connectivity index (χ1) is 8.83. The molecule has 0 bridgehead atoms. The van der Waals surface area contributed by atoms with Crippen molar-refractivity contribution < 1.29 is 0 Å². The molecular weight excluding hydrogens is 226 g/mol. The van der Waals surface area contributed by atoms with Crippen LogP contribution >= 0.6 is 0 Å². The van der Waals surface area contributed by atoms with Crippen LogP contribution in [0.2, 0.25) is 0 Å². The van der Waals surface area contributed by atoms with Crippen LogP contribution in [0.5, 0.6) is 0 Å². The maximum Gasteiger partial charge on any atom is 0.205 e. The molecule has 0 amide bonds. The summed E-state index contributed by atoms with van der Waals surface area (Å²) in [5.41, 5.74) is 1.78. The van der Waals surface area contributed by atoms with Crippen LogP contribution in [0.15, 0.2) is 18.3 Å². The maximum absolute atomic E-state index is 4.51. The lowest BCUT2D eigenvalue weighted by atomic mass is 10.1. The molecule has 3 rings (SSSR count). The molecule has 0 aliphatic carbocycles. The minimum Gasteiger partial charge on any atom is -0.344 e. The highest BCUT2D eigenvalue weighted by atomic mass is 15.3. The van der Waals surface area contributed by atoms with E-state index in [9.17, 15) is 0 Å². The number of H-pyrrole nitrogens is 1. The summed E-state index contributed by atoms with van der Waals surface area (Å²) in [7, 11) is 2.08. The fraction of sp³-hybridized carbons (Fsp3) is 0.538. The zero-order valence-electron chi connectivity index (χ0n) is 10.7. The fourth-order valence-electron chi connectivity index (χ4n) is 2.51. The number of fused-ring (bicyclic) bond motifs is 1. The van der Waals surface area contributed by atoms with Gasteiger partial charge in [0.25, 0.3) is 0 Å². The predicted molar refractivity (Wildman–Crippen MR) is 72.8 cm³/mol. The topological polar surface area (TPSA) is 56.8 Å². The lowest BCUT2D eigenvalue weighted by molar-refractivity contribution is 0.402. The largest absolute Gasteiger partial charge is 0.344 e. The highest BCUT2D eigenvalue weighted by Crippen LogP contribution is 2.15. The van der Waals surface area contributed by atoms with Crippen LogP contribution in [0.4, 0.5) is 5.95 Å². The molecule has 2 aromatic heterocycles. The number of piperidine rings is 1. The van der Waals surface area contributed by atoms with Crippen molar-refractivity contribution in [3.63, 3.8) is 0 Å². The third kappa shape index (κ3) is 2.31. The number of likely N-dealkylation sites (N-methyl/N-ethyl adjacent to an activating group) is 1. The zero-order valence-corrected chi connectivity index (χ0v) is 10.7. The van der Waals surface area contributed by atoms with Crippen LogP contribution in [-0.4, -0.2) is 41.1 Å². The van der Waals surface area contributed by atoms with Crippen LogP contribution < -0.4 is 10.2 Å². The summed E-state index contributed by atoms with van der Waals surface area (Å²) in [4.78, 5) is 14.2. The molecule has 18 heavy (non-hydrogen) atoms. The average molecular weight is 245 g/mol. The van der Waals surface area contributed by atoms with E-state index in [0.717, 1.165) is 30.2 Å². The Hall–Kier alpha value is -1.62. The predicted octanol–water partition coefficient (Wildman–Crippen LogP) is 1.54. The standard InChI is InChI=1S/C13H19N5/c1-18(9-10-5-2-3-7-14-10)13-16-11-6-4-8-15-12(11)17-13/h4,6,8,10,14H,2-3,5,7,9H2,1H3,(H,15,16,17)/t10-/m1/s1. The van der Waals surface area contributed by atoms with Gasteiger partial charge in [-0.3, -0.25) is 0 Å². The first-order valence-electron chi connectivity index (χ1n) is 6.58. The lowest BCUT2D eigenvalue weighted by Gasteiger charge is -2.27. The minimum atomic E-state index is 0.574. The molecule has 2 N–H and O–H groups in total. The van der Waals surface area contributed by atoms with Crippen molar-refractivity contribution in [2.24, 2.45) is 0 Å². The highest BCUT2D eigenvalue weighted by molar-refractivity contribution is 5.73. The second kappa shape index (κ2) is 4.94. The van der Waals surface area contributed by atoms with Crippen molar-refractivity contribution >= 4 is 17.1 Å². The van der Waals surface area contributed by atoms with E-state index >= 15 is 0 Å². The number of nitrogens with zero attached hydrogens (tertiary/aromatic N) is 3. The van der Waals surface area contributed by atoms with Gasteiger partial charge in [-0.1, -0.05) is 6.42 Å². The lowest BCUT2D eigenvalue weighted by Crippen LogP contribution is -2.42. The normalized spacial score (nSPS) is 20.2. The number of anilines is 1. The third-order valence-corrected chi connectivity index (χ3v) is 3.51. The van der Waals surface area contributed by atoms with Crippen LogP contribution in [0.25, 0.3) is 11.2 Å². The average Bonchev–Trinajstić information content (AvgIpc) is 2.84. The van der Waals surface area contributed by atoms with Gasteiger partial charge < -0.3 is 15.2 Å². The summed E-state index contributed by atoms with van der Waals surface area (Å²) in [6.07, 6.45) is 5.65. The SMILES string of the molecule is CN(C[C@H]1CCCCN1)c1nc2ncccc2[nH]1. The molecule has 5 heteroatoms. The molecule has 0 spiro atoms. The van der Waals surface area contributed by atoms with E-state index in [-0.39, 0.29) is 0 Å². The Kier molecular flexibility index (Phi) is 3.15. The number of aromatic nitrogens is 3. The number of hydrogen-bond donors (Lipinski definition) is 2. The van der Waals surface area contributed by atoms with E-state index in [1.807, 2.05) is 12.1 Å². The minimum absolute atomic E-state index is 0.574. The summed E-state index contributed by atoms with van der Waals surface area (Å²) in [5.74, 6) is 0.899. The van der Waals surface area contributed by atoms with Crippen molar-refractivity contribution in [1.29, 1.82) is 0 Å². The van der Waals surface area contributed by atoms with Crippen molar-refractivity contribution in [1.82, 2.24) is 20.3 Å². The van der Waals surface area contributed by atoms with Gasteiger partial charge in [0.05, 0.1) is 5.52 Å². The summed E-state index contributed by atoms with van der Waals surface area (Å²) in [6.45, 7) is 2.13. The molecule has 1 fully saturated rings. The van der Waals surface area contributed by atoms with E-state index in [0.29, 0.717) is 6.04 Å². The number of pyridine rings is 1. The molecule has 0 saturated carbocycles. The highest BCUT2D eigenvalue weighted by Gasteiger charge is 2.16. The van der Waals surface area contributed by atoms with Gasteiger partial charge in [-0.25, -0.2) is 4.98 Å². The maximum atomic E-state index is 4.51. The molecule has 0 aromatic carbocycles. The van der Waals surface area contributed by atoms with Crippen LogP contribution in [-0.2, 0) is 0 Å². The smallest absolute Gasteiger partial charge is 0.205 e. The Bertz CT molecular complexity index is 482. The molecule has 1 aliphatic heterocycles. The van der Waals surface area contributed by atoms with Gasteiger partial charge in [-0.05, 0) is 31.5 Å². The Morgan fingerprint density at radius 3 is 3.17 bits per heavy atom. The van der Waals surface area contributed by atoms with Gasteiger partial charge in [0, 0.05) is 25.8 Å². The Morgan fingerprint density at radius 1 is 1.44 bits per heavy atom. The van der Waals surface area contributed by atoms with Gasteiger partial charge in [0.1, 0.15) is 0 Å². The summed E-state index contributed by atoms with van der Waals surface area (Å²) >= 11 is 0. The van der Waals surface area contributed by atoms with E-state index in [4.69, 9.17) is 0 Å². The van der Waals surface area contributed by atoms with Crippen molar-refractivity contribution in [3.8, 4) is 0 Å². The van der Waals surface area contributed by atoms with Crippen molar-refractivity contribution in [3.05, 3.63) is 18.3 Å². The van der Waals surface area contributed by atoms with Crippen LogP contribution in [0.3, 0.4) is 0 Å². The second-order valence-electron chi connectivity index (χ2n) is 4.96. The molecule has 1 aliphatic rings. The fourth-order valence-corrected chi connectivity index (χ4v) is 2.51. The summed E-state index contributed by atoms with van der Waals surface area (Å²) in [5, 5.41) is 3.55. The van der Waals surface area contributed by atoms with Gasteiger partial charge in [0.2, 0.25) is 5.95 Å². The molecular formula is C13H19N5. The van der Waals surface area contributed by atoms with Crippen LogP contribution in [0.1, 0.15) is 19.3 Å². The van der Waals surface area contributed by atoms with Crippen molar-refractivity contribution in [2.45, 2.75) is 25.3 Å².